The number of hydrogen-bond donors (Lipinski definition) is 1. The fourth-order valence-electron chi connectivity index (χ4n) is 2.38. The van der Waals surface area contributed by atoms with Crippen molar-refractivity contribution in [3.8, 4) is 0 Å². The second-order valence-electron chi connectivity index (χ2n) is 5.67. The minimum Gasteiger partial charge on any atom is -0.458 e. The zero-order valence-electron chi connectivity index (χ0n) is 14.0. The molecule has 0 bridgehead atoms. The maximum Gasteiger partial charge on any atom is 0.257 e. The second-order valence-corrected chi connectivity index (χ2v) is 6.07. The molecule has 0 aliphatic heterocycles. The number of furan rings is 1. The molecule has 3 rings (SSSR count). The first kappa shape index (κ1) is 17.7. The molecule has 0 unspecified atom stereocenters. The molecule has 3 aromatic rings. The number of ketones is 1. The van der Waals surface area contributed by atoms with Crippen molar-refractivity contribution in [1.82, 2.24) is 0 Å². The summed E-state index contributed by atoms with van der Waals surface area (Å²) in [5, 5.41) is 3.19. The number of carbonyl (C=O) groups excluding carboxylic acids is 2. The first-order chi connectivity index (χ1) is 12.5. The zero-order valence-corrected chi connectivity index (χ0v) is 14.8. The van der Waals surface area contributed by atoms with E-state index < -0.39 is 0 Å². The van der Waals surface area contributed by atoms with Gasteiger partial charge in [0.2, 0.25) is 5.78 Å². The van der Waals surface area contributed by atoms with E-state index in [4.69, 9.17) is 16.0 Å². The number of rotatable bonds is 5. The fourth-order valence-corrected chi connectivity index (χ4v) is 2.61. The van der Waals surface area contributed by atoms with Gasteiger partial charge in [0.25, 0.3) is 5.91 Å². The summed E-state index contributed by atoms with van der Waals surface area (Å²) in [7, 11) is 0. The van der Waals surface area contributed by atoms with Crippen LogP contribution in [0.15, 0.2) is 71.2 Å². The summed E-state index contributed by atoms with van der Waals surface area (Å²) in [4.78, 5) is 24.4. The highest BCUT2D eigenvalue weighted by Gasteiger charge is 2.10. The van der Waals surface area contributed by atoms with Gasteiger partial charge < -0.3 is 9.73 Å². The van der Waals surface area contributed by atoms with Crippen LogP contribution in [0, 0.1) is 6.92 Å². The van der Waals surface area contributed by atoms with Crippen molar-refractivity contribution in [1.29, 1.82) is 0 Å². The van der Waals surface area contributed by atoms with E-state index in [9.17, 15) is 9.59 Å². The molecular weight excluding hydrogens is 350 g/mol. The van der Waals surface area contributed by atoms with Gasteiger partial charge in [-0.05, 0) is 55.0 Å². The molecule has 0 fully saturated rings. The Balaban J connectivity index is 1.72. The van der Waals surface area contributed by atoms with E-state index in [1.54, 1.807) is 67.6 Å². The van der Waals surface area contributed by atoms with E-state index in [0.717, 1.165) is 5.56 Å². The summed E-state index contributed by atoms with van der Waals surface area (Å²) < 4.78 is 5.30. The molecule has 5 heteroatoms. The number of anilines is 1. The Morgan fingerprint density at radius 1 is 1.04 bits per heavy atom. The maximum atomic E-state index is 12.3. The summed E-state index contributed by atoms with van der Waals surface area (Å²) in [5.74, 6) is 0.468. The predicted octanol–water partition coefficient (Wildman–Crippen LogP) is 5.39. The summed E-state index contributed by atoms with van der Waals surface area (Å²) in [6.07, 6.45) is 3.11. The van der Waals surface area contributed by atoms with Crippen molar-refractivity contribution in [3.05, 3.63) is 94.4 Å². The lowest BCUT2D eigenvalue weighted by Gasteiger charge is -2.07. The molecule has 1 aromatic heterocycles. The average molecular weight is 366 g/mol. The highest BCUT2D eigenvalue weighted by atomic mass is 35.5. The van der Waals surface area contributed by atoms with E-state index >= 15 is 0 Å². The van der Waals surface area contributed by atoms with Crippen LogP contribution in [0.2, 0.25) is 5.02 Å². The normalized spacial score (nSPS) is 10.8. The van der Waals surface area contributed by atoms with Gasteiger partial charge >= 0.3 is 0 Å². The summed E-state index contributed by atoms with van der Waals surface area (Å²) in [6.45, 7) is 1.78. The standard InChI is InChI=1S/C21H16ClNO3/c1-14-9-12-20(26-14)19(24)11-10-15-5-4-6-16(13-15)23-21(25)17-7-2-3-8-18(17)22/h2-13H,1H3,(H,23,25)/b11-10+. The van der Waals surface area contributed by atoms with Gasteiger partial charge in [-0.3, -0.25) is 9.59 Å². The molecule has 0 radical (unpaired) electrons. The Morgan fingerprint density at radius 2 is 1.85 bits per heavy atom. The minimum atomic E-state index is -0.293. The van der Waals surface area contributed by atoms with Gasteiger partial charge in [-0.1, -0.05) is 41.9 Å². The minimum absolute atomic E-state index is 0.219. The van der Waals surface area contributed by atoms with Crippen molar-refractivity contribution < 1.29 is 14.0 Å². The third-order valence-electron chi connectivity index (χ3n) is 3.67. The van der Waals surface area contributed by atoms with Crippen LogP contribution in [0.3, 0.4) is 0 Å². The van der Waals surface area contributed by atoms with E-state index in [1.807, 2.05) is 6.07 Å². The van der Waals surface area contributed by atoms with Gasteiger partial charge in [-0.2, -0.15) is 0 Å². The molecule has 1 amide bonds. The van der Waals surface area contributed by atoms with Gasteiger partial charge in [-0.15, -0.1) is 0 Å². The summed E-state index contributed by atoms with van der Waals surface area (Å²) >= 11 is 6.04. The highest BCUT2D eigenvalue weighted by Crippen LogP contribution is 2.18. The third-order valence-corrected chi connectivity index (χ3v) is 4.00. The van der Waals surface area contributed by atoms with Crippen molar-refractivity contribution in [3.63, 3.8) is 0 Å². The topological polar surface area (TPSA) is 59.3 Å². The molecule has 2 aromatic carbocycles. The van der Waals surface area contributed by atoms with E-state index in [2.05, 4.69) is 5.32 Å². The molecule has 0 atom stereocenters. The Kier molecular flexibility index (Phi) is 5.34. The quantitative estimate of drug-likeness (QED) is 0.487. The Labute approximate surface area is 156 Å². The smallest absolute Gasteiger partial charge is 0.257 e. The molecule has 0 aliphatic rings. The number of carbonyl (C=O) groups is 2. The van der Waals surface area contributed by atoms with Gasteiger partial charge in [0.15, 0.2) is 5.76 Å². The number of allylic oxidation sites excluding steroid dienone is 1. The number of halogens is 1. The Morgan fingerprint density at radius 3 is 2.58 bits per heavy atom. The number of nitrogens with one attached hydrogen (secondary N) is 1. The molecule has 1 N–H and O–H groups in total. The SMILES string of the molecule is Cc1ccc(C(=O)/C=C/c2cccc(NC(=O)c3ccccc3Cl)c2)o1. The number of hydrogen-bond acceptors (Lipinski definition) is 3. The van der Waals surface area contributed by atoms with Gasteiger partial charge in [-0.25, -0.2) is 0 Å². The molecule has 26 heavy (non-hydrogen) atoms. The Hall–Kier alpha value is -3.11. The predicted molar refractivity (Wildman–Crippen MR) is 103 cm³/mol. The molecule has 0 saturated heterocycles. The van der Waals surface area contributed by atoms with Crippen LogP contribution in [-0.2, 0) is 0 Å². The van der Waals surface area contributed by atoms with Crippen LogP contribution in [0.5, 0.6) is 0 Å². The van der Waals surface area contributed by atoms with Crippen molar-refractivity contribution in [2.45, 2.75) is 6.92 Å². The molecular formula is C21H16ClNO3. The van der Waals surface area contributed by atoms with Crippen molar-refractivity contribution in [2.75, 3.05) is 5.32 Å². The number of amides is 1. The lowest BCUT2D eigenvalue weighted by molar-refractivity contribution is 0.101. The molecule has 0 saturated carbocycles. The van der Waals surface area contributed by atoms with Crippen LogP contribution in [-0.4, -0.2) is 11.7 Å². The first-order valence-corrected chi connectivity index (χ1v) is 8.35. The van der Waals surface area contributed by atoms with Crippen LogP contribution >= 0.6 is 11.6 Å². The number of aryl methyl sites for hydroxylation is 1. The van der Waals surface area contributed by atoms with E-state index in [-0.39, 0.29) is 11.7 Å². The molecule has 130 valence electrons. The second kappa shape index (κ2) is 7.85. The van der Waals surface area contributed by atoms with E-state index in [0.29, 0.717) is 27.8 Å². The summed E-state index contributed by atoms with van der Waals surface area (Å²) in [6, 6.07) is 17.4. The highest BCUT2D eigenvalue weighted by molar-refractivity contribution is 6.34. The van der Waals surface area contributed by atoms with Gasteiger partial charge in [0, 0.05) is 5.69 Å². The van der Waals surface area contributed by atoms with Crippen molar-refractivity contribution in [2.24, 2.45) is 0 Å². The monoisotopic (exact) mass is 365 g/mol. The zero-order chi connectivity index (χ0) is 18.5. The molecule has 1 heterocycles. The average Bonchev–Trinajstić information content (AvgIpc) is 3.07. The van der Waals surface area contributed by atoms with Crippen LogP contribution in [0.25, 0.3) is 6.08 Å². The Bertz CT molecular complexity index is 988. The van der Waals surface area contributed by atoms with E-state index in [1.165, 1.54) is 6.08 Å². The van der Waals surface area contributed by atoms with Gasteiger partial charge in [0.1, 0.15) is 5.76 Å². The van der Waals surface area contributed by atoms with Gasteiger partial charge in [0.05, 0.1) is 10.6 Å². The lowest BCUT2D eigenvalue weighted by Crippen LogP contribution is -2.12. The summed E-state index contributed by atoms with van der Waals surface area (Å²) in [5.41, 5.74) is 1.79. The molecule has 0 spiro atoms. The third kappa shape index (κ3) is 4.29. The lowest BCUT2D eigenvalue weighted by atomic mass is 10.1. The molecule has 4 nitrogen and oxygen atoms in total. The first-order valence-electron chi connectivity index (χ1n) is 7.98. The largest absolute Gasteiger partial charge is 0.458 e. The number of benzene rings is 2. The van der Waals surface area contributed by atoms with Crippen LogP contribution in [0.4, 0.5) is 5.69 Å². The fraction of sp³-hybridized carbons (Fsp3) is 0.0476. The maximum absolute atomic E-state index is 12.3. The van der Waals surface area contributed by atoms with Crippen LogP contribution in [0.1, 0.15) is 32.2 Å². The van der Waals surface area contributed by atoms with Crippen LogP contribution < -0.4 is 5.32 Å². The molecule has 0 aliphatic carbocycles. The van der Waals surface area contributed by atoms with Crippen molar-refractivity contribution >= 4 is 35.1 Å².